The van der Waals surface area contributed by atoms with Crippen LogP contribution in [-0.2, 0) is 0 Å². The monoisotopic (exact) mass is 234 g/mol. The molecule has 0 radical (unpaired) electrons. The molecule has 0 saturated carbocycles. The summed E-state index contributed by atoms with van der Waals surface area (Å²) in [6, 6.07) is 9.47. The molecule has 17 heavy (non-hydrogen) atoms. The zero-order chi connectivity index (χ0) is 12.7. The molecule has 0 spiro atoms. The Hall–Kier alpha value is -1.57. The Balaban J connectivity index is 2.56. The SMILES string of the molecule is COc1cccc(C(O)CN(C)CCC#N)c1. The van der Waals surface area contributed by atoms with Crippen LogP contribution in [0, 0.1) is 11.3 Å². The smallest absolute Gasteiger partial charge is 0.119 e. The molecule has 0 amide bonds. The molecule has 0 saturated heterocycles. The third kappa shape index (κ3) is 4.43. The Bertz CT molecular complexity index is 387. The van der Waals surface area contributed by atoms with Crippen LogP contribution in [0.15, 0.2) is 24.3 Å². The minimum Gasteiger partial charge on any atom is -0.497 e. The summed E-state index contributed by atoms with van der Waals surface area (Å²) < 4.78 is 5.11. The number of hydrogen-bond acceptors (Lipinski definition) is 4. The van der Waals surface area contributed by atoms with E-state index in [1.165, 1.54) is 0 Å². The van der Waals surface area contributed by atoms with Gasteiger partial charge in [0.15, 0.2) is 0 Å². The minimum atomic E-state index is -0.561. The summed E-state index contributed by atoms with van der Waals surface area (Å²) in [7, 11) is 3.49. The number of hydrogen-bond donors (Lipinski definition) is 1. The van der Waals surface area contributed by atoms with Crippen LogP contribution in [0.4, 0.5) is 0 Å². The van der Waals surface area contributed by atoms with Crippen LogP contribution in [-0.4, -0.2) is 37.3 Å². The average Bonchev–Trinajstić information content (AvgIpc) is 2.36. The second kappa shape index (κ2) is 6.89. The highest BCUT2D eigenvalue weighted by Crippen LogP contribution is 2.19. The number of rotatable bonds is 6. The molecular formula is C13H18N2O2. The predicted molar refractivity (Wildman–Crippen MR) is 65.7 cm³/mol. The van der Waals surface area contributed by atoms with Crippen LogP contribution in [0.3, 0.4) is 0 Å². The lowest BCUT2D eigenvalue weighted by Gasteiger charge is -2.19. The fourth-order valence-electron chi connectivity index (χ4n) is 1.58. The third-order valence-electron chi connectivity index (χ3n) is 2.57. The molecule has 4 nitrogen and oxygen atoms in total. The van der Waals surface area contributed by atoms with E-state index in [0.29, 0.717) is 19.5 Å². The standard InChI is InChI=1S/C13H18N2O2/c1-15(8-4-7-14)10-13(16)11-5-3-6-12(9-11)17-2/h3,5-6,9,13,16H,4,8,10H2,1-2H3. The van der Waals surface area contributed by atoms with Gasteiger partial charge in [-0.25, -0.2) is 0 Å². The second-order valence-electron chi connectivity index (χ2n) is 3.96. The van der Waals surface area contributed by atoms with Crippen molar-refractivity contribution in [3.63, 3.8) is 0 Å². The van der Waals surface area contributed by atoms with E-state index in [-0.39, 0.29) is 0 Å². The van der Waals surface area contributed by atoms with Gasteiger partial charge in [-0.3, -0.25) is 0 Å². The maximum atomic E-state index is 10.0. The molecule has 0 aliphatic heterocycles. The van der Waals surface area contributed by atoms with Gasteiger partial charge in [0.25, 0.3) is 0 Å². The summed E-state index contributed by atoms with van der Waals surface area (Å²) in [6.07, 6.45) is -0.0878. The van der Waals surface area contributed by atoms with E-state index >= 15 is 0 Å². The molecule has 1 unspecified atom stereocenters. The molecule has 92 valence electrons. The number of aliphatic hydroxyl groups excluding tert-OH is 1. The Morgan fingerprint density at radius 2 is 2.29 bits per heavy atom. The molecule has 1 rings (SSSR count). The molecule has 0 fully saturated rings. The highest BCUT2D eigenvalue weighted by atomic mass is 16.5. The van der Waals surface area contributed by atoms with Crippen molar-refractivity contribution in [1.29, 1.82) is 5.26 Å². The highest BCUT2D eigenvalue weighted by molar-refractivity contribution is 5.29. The zero-order valence-electron chi connectivity index (χ0n) is 10.3. The molecule has 0 bridgehead atoms. The van der Waals surface area contributed by atoms with E-state index < -0.39 is 6.10 Å². The van der Waals surface area contributed by atoms with Crippen LogP contribution < -0.4 is 4.74 Å². The van der Waals surface area contributed by atoms with Crippen LogP contribution in [0.1, 0.15) is 18.1 Å². The van der Waals surface area contributed by atoms with E-state index in [0.717, 1.165) is 11.3 Å². The van der Waals surface area contributed by atoms with E-state index in [4.69, 9.17) is 10.00 Å². The lowest BCUT2D eigenvalue weighted by atomic mass is 10.1. The van der Waals surface area contributed by atoms with Crippen molar-refractivity contribution in [3.05, 3.63) is 29.8 Å². The number of methoxy groups -OCH3 is 1. The van der Waals surface area contributed by atoms with Gasteiger partial charge in [0.05, 0.1) is 19.3 Å². The fraction of sp³-hybridized carbons (Fsp3) is 0.462. The molecule has 1 aromatic carbocycles. The average molecular weight is 234 g/mol. The van der Waals surface area contributed by atoms with E-state index in [2.05, 4.69) is 6.07 Å². The quantitative estimate of drug-likeness (QED) is 0.811. The van der Waals surface area contributed by atoms with E-state index in [1.807, 2.05) is 36.2 Å². The number of nitriles is 1. The molecular weight excluding hydrogens is 216 g/mol. The van der Waals surface area contributed by atoms with Crippen molar-refractivity contribution in [1.82, 2.24) is 4.90 Å². The van der Waals surface area contributed by atoms with Gasteiger partial charge in [-0.2, -0.15) is 5.26 Å². The number of likely N-dealkylation sites (N-methyl/N-ethyl adjacent to an activating group) is 1. The fourth-order valence-corrected chi connectivity index (χ4v) is 1.58. The molecule has 0 aromatic heterocycles. The molecule has 1 N–H and O–H groups in total. The maximum absolute atomic E-state index is 10.0. The first-order chi connectivity index (χ1) is 8.17. The zero-order valence-corrected chi connectivity index (χ0v) is 10.3. The number of ether oxygens (including phenoxy) is 1. The van der Waals surface area contributed by atoms with E-state index in [1.54, 1.807) is 7.11 Å². The van der Waals surface area contributed by atoms with Gasteiger partial charge in [0.2, 0.25) is 0 Å². The largest absolute Gasteiger partial charge is 0.497 e. The van der Waals surface area contributed by atoms with Crippen molar-refractivity contribution < 1.29 is 9.84 Å². The first-order valence-corrected chi connectivity index (χ1v) is 5.55. The molecule has 0 aliphatic rings. The summed E-state index contributed by atoms with van der Waals surface area (Å²) >= 11 is 0. The topological polar surface area (TPSA) is 56.5 Å². The van der Waals surface area contributed by atoms with Crippen molar-refractivity contribution in [2.75, 3.05) is 27.2 Å². The van der Waals surface area contributed by atoms with Crippen LogP contribution in [0.25, 0.3) is 0 Å². The van der Waals surface area contributed by atoms with Gasteiger partial charge in [-0.1, -0.05) is 12.1 Å². The van der Waals surface area contributed by atoms with Gasteiger partial charge in [-0.05, 0) is 24.7 Å². The summed E-state index contributed by atoms with van der Waals surface area (Å²) in [5.74, 6) is 0.737. The summed E-state index contributed by atoms with van der Waals surface area (Å²) in [4.78, 5) is 1.94. The van der Waals surface area contributed by atoms with Crippen molar-refractivity contribution in [2.45, 2.75) is 12.5 Å². The summed E-state index contributed by atoms with van der Waals surface area (Å²) in [5.41, 5.74) is 0.827. The predicted octanol–water partition coefficient (Wildman–Crippen LogP) is 1.57. The highest BCUT2D eigenvalue weighted by Gasteiger charge is 2.11. The Morgan fingerprint density at radius 1 is 1.53 bits per heavy atom. The Morgan fingerprint density at radius 3 is 2.94 bits per heavy atom. The number of benzene rings is 1. The molecule has 1 atom stereocenters. The van der Waals surface area contributed by atoms with Crippen LogP contribution in [0.2, 0.25) is 0 Å². The van der Waals surface area contributed by atoms with Gasteiger partial charge in [0, 0.05) is 19.5 Å². The van der Waals surface area contributed by atoms with Crippen molar-refractivity contribution in [2.24, 2.45) is 0 Å². The first-order valence-electron chi connectivity index (χ1n) is 5.55. The van der Waals surface area contributed by atoms with Gasteiger partial charge in [0.1, 0.15) is 5.75 Å². The minimum absolute atomic E-state index is 0.474. The van der Waals surface area contributed by atoms with E-state index in [9.17, 15) is 5.11 Å². The lowest BCUT2D eigenvalue weighted by Crippen LogP contribution is -2.25. The lowest BCUT2D eigenvalue weighted by molar-refractivity contribution is 0.127. The summed E-state index contributed by atoms with van der Waals surface area (Å²) in [5, 5.41) is 18.5. The maximum Gasteiger partial charge on any atom is 0.119 e. The van der Waals surface area contributed by atoms with Gasteiger partial charge in [-0.15, -0.1) is 0 Å². The second-order valence-corrected chi connectivity index (χ2v) is 3.96. The van der Waals surface area contributed by atoms with Crippen LogP contribution in [0.5, 0.6) is 5.75 Å². The third-order valence-corrected chi connectivity index (χ3v) is 2.57. The summed E-state index contributed by atoms with van der Waals surface area (Å²) in [6.45, 7) is 1.17. The van der Waals surface area contributed by atoms with Gasteiger partial charge >= 0.3 is 0 Å². The first kappa shape index (κ1) is 13.5. The molecule has 1 aromatic rings. The van der Waals surface area contributed by atoms with Crippen molar-refractivity contribution in [3.8, 4) is 11.8 Å². The molecule has 0 aliphatic carbocycles. The molecule has 0 heterocycles. The molecule has 4 heteroatoms. The number of nitrogens with zero attached hydrogens (tertiary/aromatic N) is 2. The normalized spacial score (nSPS) is 12.2. The van der Waals surface area contributed by atoms with Gasteiger partial charge < -0.3 is 14.7 Å². The number of aliphatic hydroxyl groups is 1. The Kier molecular flexibility index (Phi) is 5.47. The van der Waals surface area contributed by atoms with Crippen LogP contribution >= 0.6 is 0 Å². The Labute approximate surface area is 102 Å². The van der Waals surface area contributed by atoms with Crippen molar-refractivity contribution >= 4 is 0 Å².